The number of hydrogen-bond acceptors (Lipinski definition) is 9. The van der Waals surface area contributed by atoms with Crippen LogP contribution in [0, 0.1) is 10.1 Å². The fourth-order valence-corrected chi connectivity index (χ4v) is 4.58. The van der Waals surface area contributed by atoms with Gasteiger partial charge in [-0.1, -0.05) is 0 Å². The van der Waals surface area contributed by atoms with Crippen molar-refractivity contribution in [1.29, 1.82) is 0 Å². The van der Waals surface area contributed by atoms with E-state index < -0.39 is 21.0 Å². The molecular formula is C18H24N6O5S. The van der Waals surface area contributed by atoms with Gasteiger partial charge in [-0.15, -0.1) is 0 Å². The second-order valence-electron chi connectivity index (χ2n) is 6.92. The van der Waals surface area contributed by atoms with Gasteiger partial charge in [0.15, 0.2) is 0 Å². The second kappa shape index (κ2) is 9.32. The van der Waals surface area contributed by atoms with Gasteiger partial charge in [0, 0.05) is 57.8 Å². The van der Waals surface area contributed by atoms with E-state index in [0.29, 0.717) is 31.9 Å². The molecule has 0 aliphatic carbocycles. The molecule has 2 aromatic rings. The number of nitrogens with zero attached hydrogens (tertiary/aromatic N) is 5. The zero-order valence-electron chi connectivity index (χ0n) is 16.8. The summed E-state index contributed by atoms with van der Waals surface area (Å²) in [6.07, 6.45) is 4.90. The minimum absolute atomic E-state index is 0.154. The summed E-state index contributed by atoms with van der Waals surface area (Å²) in [6.45, 7) is 4.15. The van der Waals surface area contributed by atoms with Gasteiger partial charge in [-0.3, -0.25) is 15.1 Å². The van der Waals surface area contributed by atoms with Crippen LogP contribution in [0.2, 0.25) is 0 Å². The lowest BCUT2D eigenvalue weighted by Crippen LogP contribution is -2.47. The molecule has 1 N–H and O–H groups in total. The number of methoxy groups -OCH3 is 1. The number of aromatic nitrogens is 2. The number of hydrogen-bond donors (Lipinski definition) is 1. The maximum atomic E-state index is 12.6. The molecule has 1 aromatic carbocycles. The molecule has 1 saturated heterocycles. The third-order valence-corrected chi connectivity index (χ3v) is 6.31. The molecule has 162 valence electrons. The van der Waals surface area contributed by atoms with Crippen LogP contribution < -0.4 is 14.5 Å². The first-order valence-corrected chi connectivity index (χ1v) is 10.9. The van der Waals surface area contributed by atoms with Crippen LogP contribution in [0.25, 0.3) is 0 Å². The standard InChI is InChI=1S/C18H24N6O5S/c1-14(13-29-2)21-30(27,28)15-3-4-16(17(11-15)24(25)26)22-7-9-23(10-8-22)18-12-19-5-6-20-18/h3-6,11-12,14,21H,7-10,13H2,1-2H3. The van der Waals surface area contributed by atoms with Crippen molar-refractivity contribution in [2.24, 2.45) is 0 Å². The van der Waals surface area contributed by atoms with Gasteiger partial charge >= 0.3 is 0 Å². The Morgan fingerprint density at radius 3 is 2.53 bits per heavy atom. The number of nitro benzene ring substituents is 1. The lowest BCUT2D eigenvalue weighted by atomic mass is 10.2. The molecule has 1 aromatic heterocycles. The van der Waals surface area contributed by atoms with Crippen LogP contribution >= 0.6 is 0 Å². The van der Waals surface area contributed by atoms with Gasteiger partial charge in [0.1, 0.15) is 11.5 Å². The van der Waals surface area contributed by atoms with E-state index in [9.17, 15) is 18.5 Å². The molecule has 0 spiro atoms. The number of ether oxygens (including phenoxy) is 1. The number of nitro groups is 1. The SMILES string of the molecule is COCC(C)NS(=O)(=O)c1ccc(N2CCN(c3cnccn3)CC2)c([N+](=O)[O-])c1. The average molecular weight is 436 g/mol. The number of anilines is 2. The van der Waals surface area contributed by atoms with Crippen molar-refractivity contribution in [2.45, 2.75) is 17.9 Å². The van der Waals surface area contributed by atoms with Crippen LogP contribution in [0.1, 0.15) is 6.92 Å². The van der Waals surface area contributed by atoms with Crippen LogP contribution in [0.4, 0.5) is 17.2 Å². The van der Waals surface area contributed by atoms with Crippen LogP contribution in [-0.4, -0.2) is 69.2 Å². The molecular weight excluding hydrogens is 412 g/mol. The quantitative estimate of drug-likeness (QED) is 0.476. The Balaban J connectivity index is 1.79. The van der Waals surface area contributed by atoms with Gasteiger partial charge in [-0.2, -0.15) is 0 Å². The highest BCUT2D eigenvalue weighted by atomic mass is 32.2. The minimum Gasteiger partial charge on any atom is -0.383 e. The van der Waals surface area contributed by atoms with E-state index in [4.69, 9.17) is 4.74 Å². The number of rotatable bonds is 8. The van der Waals surface area contributed by atoms with Gasteiger partial charge in [0.2, 0.25) is 10.0 Å². The predicted octanol–water partition coefficient (Wildman–Crippen LogP) is 1.02. The van der Waals surface area contributed by atoms with Crippen molar-refractivity contribution in [3.8, 4) is 0 Å². The van der Waals surface area contributed by atoms with Gasteiger partial charge < -0.3 is 14.5 Å². The summed E-state index contributed by atoms with van der Waals surface area (Å²) in [5.74, 6) is 0.754. The Kier molecular flexibility index (Phi) is 6.80. The number of piperazine rings is 1. The first-order valence-electron chi connectivity index (χ1n) is 9.37. The van der Waals surface area contributed by atoms with Crippen LogP contribution in [0.5, 0.6) is 0 Å². The maximum Gasteiger partial charge on any atom is 0.293 e. The Morgan fingerprint density at radius 1 is 1.23 bits per heavy atom. The minimum atomic E-state index is -3.91. The van der Waals surface area contributed by atoms with E-state index in [1.807, 2.05) is 4.90 Å². The Bertz CT molecular complexity index is 980. The zero-order chi connectivity index (χ0) is 21.7. The first kappa shape index (κ1) is 21.9. The molecule has 2 heterocycles. The molecule has 1 aliphatic rings. The molecule has 1 atom stereocenters. The first-order chi connectivity index (χ1) is 14.3. The fraction of sp³-hybridized carbons (Fsp3) is 0.444. The number of sulfonamides is 1. The molecule has 0 saturated carbocycles. The molecule has 30 heavy (non-hydrogen) atoms. The van der Waals surface area contributed by atoms with Crippen LogP contribution in [-0.2, 0) is 14.8 Å². The summed E-state index contributed by atoms with van der Waals surface area (Å²) in [5, 5.41) is 11.7. The molecule has 3 rings (SSSR count). The Hall–Kier alpha value is -2.83. The van der Waals surface area contributed by atoms with Gasteiger partial charge in [0.05, 0.1) is 22.6 Å². The fourth-order valence-electron chi connectivity index (χ4n) is 3.33. The summed E-state index contributed by atoms with van der Waals surface area (Å²) in [7, 11) is -2.44. The Morgan fingerprint density at radius 2 is 1.93 bits per heavy atom. The summed E-state index contributed by atoms with van der Waals surface area (Å²) < 4.78 is 32.5. The Labute approximate surface area is 174 Å². The summed E-state index contributed by atoms with van der Waals surface area (Å²) in [5.41, 5.74) is 0.146. The van der Waals surface area contributed by atoms with Crippen LogP contribution in [0.15, 0.2) is 41.7 Å². The third kappa shape index (κ3) is 5.01. The van der Waals surface area contributed by atoms with Crippen molar-refractivity contribution in [2.75, 3.05) is 49.7 Å². The normalized spacial score (nSPS) is 15.8. The topological polar surface area (TPSA) is 131 Å². The highest BCUT2D eigenvalue weighted by molar-refractivity contribution is 7.89. The summed E-state index contributed by atoms with van der Waals surface area (Å²) in [4.78, 5) is 23.2. The van der Waals surface area contributed by atoms with Crippen molar-refractivity contribution in [1.82, 2.24) is 14.7 Å². The highest BCUT2D eigenvalue weighted by Gasteiger charge is 2.27. The van der Waals surface area contributed by atoms with Crippen molar-refractivity contribution >= 4 is 27.2 Å². The average Bonchev–Trinajstić information content (AvgIpc) is 2.74. The second-order valence-corrected chi connectivity index (χ2v) is 8.64. The summed E-state index contributed by atoms with van der Waals surface area (Å²) in [6, 6.07) is 3.52. The predicted molar refractivity (Wildman–Crippen MR) is 111 cm³/mol. The van der Waals surface area contributed by atoms with E-state index >= 15 is 0 Å². The molecule has 0 bridgehead atoms. The summed E-state index contributed by atoms with van der Waals surface area (Å²) >= 11 is 0. The number of nitrogens with one attached hydrogen (secondary N) is 1. The molecule has 1 aliphatic heterocycles. The molecule has 0 radical (unpaired) electrons. The van der Waals surface area contributed by atoms with E-state index in [-0.39, 0.29) is 17.2 Å². The highest BCUT2D eigenvalue weighted by Crippen LogP contribution is 2.32. The molecule has 12 heteroatoms. The van der Waals surface area contributed by atoms with Gasteiger partial charge in [-0.05, 0) is 19.1 Å². The largest absolute Gasteiger partial charge is 0.383 e. The smallest absolute Gasteiger partial charge is 0.293 e. The van der Waals surface area contributed by atoms with E-state index in [1.165, 1.54) is 19.2 Å². The zero-order valence-corrected chi connectivity index (χ0v) is 17.6. The van der Waals surface area contributed by atoms with E-state index in [2.05, 4.69) is 19.6 Å². The lowest BCUT2D eigenvalue weighted by molar-refractivity contribution is -0.384. The monoisotopic (exact) mass is 436 g/mol. The van der Waals surface area contributed by atoms with Gasteiger partial charge in [0.25, 0.3) is 5.69 Å². The van der Waals surface area contributed by atoms with Crippen molar-refractivity contribution in [3.63, 3.8) is 0 Å². The van der Waals surface area contributed by atoms with Crippen LogP contribution in [0.3, 0.4) is 0 Å². The van der Waals surface area contributed by atoms with Crippen molar-refractivity contribution < 1.29 is 18.1 Å². The van der Waals surface area contributed by atoms with Crippen molar-refractivity contribution in [3.05, 3.63) is 46.9 Å². The molecule has 11 nitrogen and oxygen atoms in total. The molecule has 1 unspecified atom stereocenters. The maximum absolute atomic E-state index is 12.6. The van der Waals surface area contributed by atoms with E-state index in [1.54, 1.807) is 25.5 Å². The van der Waals surface area contributed by atoms with E-state index in [0.717, 1.165) is 11.9 Å². The van der Waals surface area contributed by atoms with Gasteiger partial charge in [-0.25, -0.2) is 18.1 Å². The lowest BCUT2D eigenvalue weighted by Gasteiger charge is -2.36. The molecule has 0 amide bonds. The number of benzene rings is 1. The third-order valence-electron chi connectivity index (χ3n) is 4.72. The molecule has 1 fully saturated rings.